The van der Waals surface area contributed by atoms with Gasteiger partial charge in [-0.15, -0.1) is 0 Å². The average molecular weight is 289 g/mol. The monoisotopic (exact) mass is 289 g/mol. The van der Waals surface area contributed by atoms with Crippen molar-refractivity contribution in [3.63, 3.8) is 0 Å². The minimum Gasteiger partial charge on any atom is -0.409 e. The number of benzene rings is 1. The van der Waals surface area contributed by atoms with Crippen LogP contribution >= 0.6 is 0 Å². The van der Waals surface area contributed by atoms with Crippen molar-refractivity contribution in [2.75, 3.05) is 6.54 Å². The summed E-state index contributed by atoms with van der Waals surface area (Å²) in [5.74, 6) is 1.29. The van der Waals surface area contributed by atoms with Crippen LogP contribution in [0.25, 0.3) is 0 Å². The van der Waals surface area contributed by atoms with Crippen LogP contribution in [0.5, 0.6) is 0 Å². The van der Waals surface area contributed by atoms with Gasteiger partial charge in [0, 0.05) is 17.7 Å². The molecule has 1 aromatic rings. The van der Waals surface area contributed by atoms with Crippen molar-refractivity contribution in [2.24, 2.45) is 22.7 Å². The fourth-order valence-electron chi connectivity index (χ4n) is 2.75. The Balaban J connectivity index is 1.91. The quantitative estimate of drug-likeness (QED) is 0.344. The van der Waals surface area contributed by atoms with E-state index in [1.54, 1.807) is 24.3 Å². The number of amidine groups is 1. The third-order valence-electron chi connectivity index (χ3n) is 4.21. The molecular formula is C16H23N3O2. The average Bonchev–Trinajstić information content (AvgIpc) is 2.53. The van der Waals surface area contributed by atoms with Gasteiger partial charge < -0.3 is 16.3 Å². The number of rotatable bonds is 4. The molecule has 114 valence electrons. The van der Waals surface area contributed by atoms with Crippen LogP contribution in [0.4, 0.5) is 0 Å². The molecule has 0 bridgehead atoms. The molecule has 4 N–H and O–H groups in total. The summed E-state index contributed by atoms with van der Waals surface area (Å²) in [6.45, 7) is 3.01. The minimum absolute atomic E-state index is 0.00548. The highest BCUT2D eigenvalue weighted by Gasteiger charge is 2.19. The Labute approximate surface area is 125 Å². The molecule has 1 aromatic carbocycles. The highest BCUT2D eigenvalue weighted by molar-refractivity contribution is 6.01. The van der Waals surface area contributed by atoms with E-state index >= 15 is 0 Å². The Kier molecular flexibility index (Phi) is 5.20. The van der Waals surface area contributed by atoms with Crippen molar-refractivity contribution < 1.29 is 10.0 Å². The molecule has 5 nitrogen and oxygen atoms in total. The molecule has 0 saturated heterocycles. The summed E-state index contributed by atoms with van der Waals surface area (Å²) in [6, 6.07) is 6.79. The predicted molar refractivity (Wildman–Crippen MR) is 82.4 cm³/mol. The van der Waals surface area contributed by atoms with E-state index in [0.717, 1.165) is 12.5 Å². The number of carbonyl (C=O) groups excluding carboxylic acids is 1. The van der Waals surface area contributed by atoms with Crippen LogP contribution in [-0.4, -0.2) is 23.5 Å². The van der Waals surface area contributed by atoms with Crippen LogP contribution in [0.1, 0.15) is 48.5 Å². The van der Waals surface area contributed by atoms with Crippen LogP contribution in [0.2, 0.25) is 0 Å². The maximum Gasteiger partial charge on any atom is 0.251 e. The highest BCUT2D eigenvalue weighted by Crippen LogP contribution is 2.27. The summed E-state index contributed by atoms with van der Waals surface area (Å²) in [5.41, 5.74) is 6.60. The predicted octanol–water partition coefficient (Wildman–Crippen LogP) is 2.34. The fourth-order valence-corrected chi connectivity index (χ4v) is 2.75. The van der Waals surface area contributed by atoms with Crippen molar-refractivity contribution in [3.8, 4) is 0 Å². The van der Waals surface area contributed by atoms with Gasteiger partial charge in [0.05, 0.1) is 0 Å². The molecule has 0 atom stereocenters. The zero-order chi connectivity index (χ0) is 15.2. The summed E-state index contributed by atoms with van der Waals surface area (Å²) in [5, 5.41) is 14.6. The van der Waals surface area contributed by atoms with Crippen LogP contribution in [-0.2, 0) is 0 Å². The Morgan fingerprint density at radius 2 is 2.00 bits per heavy atom. The van der Waals surface area contributed by atoms with Crippen LogP contribution < -0.4 is 11.1 Å². The number of amides is 1. The number of nitrogens with two attached hydrogens (primary N) is 1. The van der Waals surface area contributed by atoms with Gasteiger partial charge in [-0.25, -0.2) is 0 Å². The number of hydrogen-bond acceptors (Lipinski definition) is 3. The van der Waals surface area contributed by atoms with Crippen LogP contribution in [0, 0.1) is 11.8 Å². The lowest BCUT2D eigenvalue weighted by atomic mass is 9.83. The van der Waals surface area contributed by atoms with Gasteiger partial charge in [-0.1, -0.05) is 37.1 Å². The zero-order valence-electron chi connectivity index (χ0n) is 12.4. The van der Waals surface area contributed by atoms with Gasteiger partial charge in [0.1, 0.15) is 0 Å². The van der Waals surface area contributed by atoms with Crippen molar-refractivity contribution in [1.82, 2.24) is 5.32 Å². The molecule has 1 aliphatic rings. The second kappa shape index (κ2) is 7.11. The van der Waals surface area contributed by atoms with Gasteiger partial charge in [0.15, 0.2) is 5.84 Å². The number of nitrogens with zero attached hydrogens (tertiary/aromatic N) is 1. The summed E-state index contributed by atoms with van der Waals surface area (Å²) in [6.07, 6.45) is 4.87. The molecule has 5 heteroatoms. The van der Waals surface area contributed by atoms with Crippen molar-refractivity contribution in [1.29, 1.82) is 0 Å². The van der Waals surface area contributed by atoms with Gasteiger partial charge in [-0.05, 0) is 36.8 Å². The van der Waals surface area contributed by atoms with E-state index in [1.807, 2.05) is 0 Å². The molecule has 0 heterocycles. The summed E-state index contributed by atoms with van der Waals surface area (Å²) < 4.78 is 0. The van der Waals surface area contributed by atoms with E-state index in [0.29, 0.717) is 17.0 Å². The summed E-state index contributed by atoms with van der Waals surface area (Å²) in [4.78, 5) is 12.2. The first-order valence-corrected chi connectivity index (χ1v) is 7.46. The maximum absolute atomic E-state index is 12.2. The van der Waals surface area contributed by atoms with Crippen molar-refractivity contribution >= 4 is 11.7 Å². The molecular weight excluding hydrogens is 266 g/mol. The first-order chi connectivity index (χ1) is 10.1. The molecule has 21 heavy (non-hydrogen) atoms. The number of nitrogens with one attached hydrogen (secondary N) is 1. The third-order valence-corrected chi connectivity index (χ3v) is 4.21. The summed E-state index contributed by atoms with van der Waals surface area (Å²) >= 11 is 0. The lowest BCUT2D eigenvalue weighted by Gasteiger charge is -2.26. The Morgan fingerprint density at radius 3 is 2.67 bits per heavy atom. The molecule has 0 radical (unpaired) electrons. The standard InChI is InChI=1S/C16H23N3O2/c1-11-5-7-12(8-6-11)10-18-16(20)14-4-2-3-13(9-14)15(17)19-21/h2-4,9,11-12,21H,5-8,10H2,1H3,(H2,17,19)(H,18,20). The Bertz CT molecular complexity index is 520. The lowest BCUT2D eigenvalue weighted by Crippen LogP contribution is -2.31. The second-order valence-corrected chi connectivity index (χ2v) is 5.90. The Morgan fingerprint density at radius 1 is 1.33 bits per heavy atom. The molecule has 1 aliphatic carbocycles. The molecule has 2 rings (SSSR count). The van der Waals surface area contributed by atoms with Gasteiger partial charge in [-0.2, -0.15) is 0 Å². The Hall–Kier alpha value is -2.04. The highest BCUT2D eigenvalue weighted by atomic mass is 16.4. The van der Waals surface area contributed by atoms with E-state index in [9.17, 15) is 4.79 Å². The largest absolute Gasteiger partial charge is 0.409 e. The van der Waals surface area contributed by atoms with E-state index in [-0.39, 0.29) is 11.7 Å². The molecule has 0 unspecified atom stereocenters. The smallest absolute Gasteiger partial charge is 0.251 e. The molecule has 0 aliphatic heterocycles. The minimum atomic E-state index is -0.110. The van der Waals surface area contributed by atoms with Gasteiger partial charge in [0.2, 0.25) is 0 Å². The molecule has 0 aromatic heterocycles. The second-order valence-electron chi connectivity index (χ2n) is 5.90. The van der Waals surface area contributed by atoms with E-state index in [4.69, 9.17) is 10.9 Å². The molecule has 0 spiro atoms. The van der Waals surface area contributed by atoms with Crippen LogP contribution in [0.3, 0.4) is 0 Å². The summed E-state index contributed by atoms with van der Waals surface area (Å²) in [7, 11) is 0. The zero-order valence-corrected chi connectivity index (χ0v) is 12.4. The van der Waals surface area contributed by atoms with E-state index in [1.165, 1.54) is 25.7 Å². The molecule has 1 saturated carbocycles. The van der Waals surface area contributed by atoms with Gasteiger partial charge >= 0.3 is 0 Å². The SMILES string of the molecule is CC1CCC(CNC(=O)c2cccc(C(N)=NO)c2)CC1. The molecule has 1 amide bonds. The maximum atomic E-state index is 12.2. The van der Waals surface area contributed by atoms with Crippen LogP contribution in [0.15, 0.2) is 29.4 Å². The third kappa shape index (κ3) is 4.21. The first kappa shape index (κ1) is 15.4. The van der Waals surface area contributed by atoms with Crippen molar-refractivity contribution in [2.45, 2.75) is 32.6 Å². The van der Waals surface area contributed by atoms with E-state index < -0.39 is 0 Å². The molecule has 1 fully saturated rings. The topological polar surface area (TPSA) is 87.7 Å². The number of hydrogen-bond donors (Lipinski definition) is 3. The van der Waals surface area contributed by atoms with Gasteiger partial charge in [0.25, 0.3) is 5.91 Å². The lowest BCUT2D eigenvalue weighted by molar-refractivity contribution is 0.0942. The van der Waals surface area contributed by atoms with Gasteiger partial charge in [-0.3, -0.25) is 4.79 Å². The normalized spacial score (nSPS) is 22.8. The fraction of sp³-hybridized carbons (Fsp3) is 0.500. The first-order valence-electron chi connectivity index (χ1n) is 7.46. The number of carbonyl (C=O) groups is 1. The van der Waals surface area contributed by atoms with E-state index in [2.05, 4.69) is 17.4 Å². The number of oxime groups is 1. The van der Waals surface area contributed by atoms with Crippen molar-refractivity contribution in [3.05, 3.63) is 35.4 Å².